The minimum Gasteiger partial charge on any atom is -0.463 e. The fourth-order valence-electron chi connectivity index (χ4n) is 4.80. The predicted octanol–water partition coefficient (Wildman–Crippen LogP) is 0.111. The van der Waals surface area contributed by atoms with Gasteiger partial charge in [-0.3, -0.25) is 33.5 Å². The summed E-state index contributed by atoms with van der Waals surface area (Å²) >= 11 is 0. The third kappa shape index (κ3) is 9.61. The molecule has 2 fully saturated rings. The van der Waals surface area contributed by atoms with Crippen molar-refractivity contribution in [2.24, 2.45) is 0 Å². The molecule has 47 heavy (non-hydrogen) atoms. The maximum atomic E-state index is 12.6. The van der Waals surface area contributed by atoms with Crippen LogP contribution in [0.25, 0.3) is 0 Å². The van der Waals surface area contributed by atoms with Crippen LogP contribution in [-0.2, 0) is 37.4 Å². The molecule has 3 N–H and O–H groups in total. The van der Waals surface area contributed by atoms with Crippen molar-refractivity contribution in [1.82, 2.24) is 19.1 Å². The Labute approximate surface area is 268 Å². The van der Waals surface area contributed by atoms with Gasteiger partial charge in [0, 0.05) is 42.8 Å². The molecule has 2 saturated heterocycles. The zero-order valence-corrected chi connectivity index (χ0v) is 26.8. The highest BCUT2D eigenvalue weighted by Crippen LogP contribution is 2.46. The van der Waals surface area contributed by atoms with Gasteiger partial charge in [-0.05, 0) is 20.8 Å². The number of rotatable bonds is 15. The van der Waals surface area contributed by atoms with Crippen LogP contribution in [0, 0.1) is 25.2 Å². The normalized spacial score (nSPS) is 24.6. The van der Waals surface area contributed by atoms with Crippen LogP contribution in [0.3, 0.4) is 0 Å². The Bertz CT molecular complexity index is 1710. The number of hydrogen-bond donors (Lipinski definition) is 3. The lowest BCUT2D eigenvalue weighted by molar-refractivity contribution is -0.150. The molecular weight excluding hydrogens is 645 g/mol. The maximum absolute atomic E-state index is 12.6. The van der Waals surface area contributed by atoms with Gasteiger partial charge in [-0.15, -0.1) is 0 Å². The number of aryl methyl sites for hydroxylation is 2. The molecule has 2 aliphatic heterocycles. The highest BCUT2D eigenvalue weighted by Gasteiger charge is 2.42. The van der Waals surface area contributed by atoms with Gasteiger partial charge < -0.3 is 37.7 Å². The summed E-state index contributed by atoms with van der Waals surface area (Å²) in [6.45, 7) is 3.74. The SMILES string of the molecule is CC(=O)CCC(=O)OC[C@H]1O[C@@H](n2cc(C)c(=O)[nH]c2=O)C[C@@H]1OP(OCCC#N)OC[C@H]1O[C@@H](n2cc(C)c(=O)[nH]c2=O)C[C@@H]1O. The molecule has 0 saturated carbocycles. The van der Waals surface area contributed by atoms with Crippen molar-refractivity contribution < 1.29 is 42.5 Å². The highest BCUT2D eigenvalue weighted by atomic mass is 31.2. The molecule has 7 atom stereocenters. The first kappa shape index (κ1) is 36.0. The number of nitrogens with one attached hydrogen (secondary N) is 2. The second kappa shape index (κ2) is 16.3. The maximum Gasteiger partial charge on any atom is 0.333 e. The number of aromatic nitrogens is 4. The number of H-pyrrole nitrogens is 2. The monoisotopic (exact) mass is 681 g/mol. The number of ketones is 1. The molecule has 0 bridgehead atoms. The van der Waals surface area contributed by atoms with Crippen LogP contribution < -0.4 is 22.5 Å². The molecule has 2 aromatic rings. The number of esters is 1. The number of hydrogen-bond acceptors (Lipinski definition) is 14. The van der Waals surface area contributed by atoms with Gasteiger partial charge in [-0.2, -0.15) is 5.26 Å². The average molecular weight is 682 g/mol. The number of nitrogens with zero attached hydrogens (tertiary/aromatic N) is 3. The first-order valence-corrected chi connectivity index (χ1v) is 15.8. The molecule has 0 aromatic carbocycles. The third-order valence-corrected chi connectivity index (χ3v) is 8.56. The number of aliphatic hydroxyl groups excluding tert-OH is 1. The van der Waals surface area contributed by atoms with E-state index in [2.05, 4.69) is 9.97 Å². The van der Waals surface area contributed by atoms with Gasteiger partial charge in [0.05, 0.1) is 38.2 Å². The molecule has 4 heterocycles. The summed E-state index contributed by atoms with van der Waals surface area (Å²) in [6.07, 6.45) is -3.09. The lowest BCUT2D eigenvalue weighted by Gasteiger charge is -2.24. The summed E-state index contributed by atoms with van der Waals surface area (Å²) in [4.78, 5) is 76.5. The largest absolute Gasteiger partial charge is 0.463 e. The molecular formula is C28H36N5O13P. The van der Waals surface area contributed by atoms with Crippen molar-refractivity contribution in [2.45, 2.75) is 89.7 Å². The van der Waals surface area contributed by atoms with E-state index in [1.54, 1.807) is 0 Å². The number of carbonyl (C=O) groups excluding carboxylic acids is 2. The summed E-state index contributed by atoms with van der Waals surface area (Å²) in [6, 6.07) is 1.94. The van der Waals surface area contributed by atoms with Crippen LogP contribution in [0.1, 0.15) is 62.6 Å². The van der Waals surface area contributed by atoms with E-state index >= 15 is 0 Å². The fourth-order valence-corrected chi connectivity index (χ4v) is 5.95. The molecule has 4 rings (SSSR count). The Kier molecular flexibility index (Phi) is 12.5. The predicted molar refractivity (Wildman–Crippen MR) is 160 cm³/mol. The topological polar surface area (TPSA) is 243 Å². The minimum atomic E-state index is -2.25. The van der Waals surface area contributed by atoms with Crippen molar-refractivity contribution in [3.05, 3.63) is 65.2 Å². The zero-order chi connectivity index (χ0) is 34.2. The molecule has 0 spiro atoms. The second-order valence-electron chi connectivity index (χ2n) is 11.0. The zero-order valence-electron chi connectivity index (χ0n) is 25.9. The van der Waals surface area contributed by atoms with E-state index in [1.807, 2.05) is 6.07 Å². The van der Waals surface area contributed by atoms with E-state index in [4.69, 9.17) is 33.0 Å². The van der Waals surface area contributed by atoms with Gasteiger partial charge in [0.25, 0.3) is 11.1 Å². The number of aliphatic hydroxyl groups is 1. The molecule has 1 unspecified atom stereocenters. The van der Waals surface area contributed by atoms with E-state index in [1.165, 1.54) is 42.3 Å². The van der Waals surface area contributed by atoms with Crippen LogP contribution in [-0.4, -0.2) is 80.2 Å². The van der Waals surface area contributed by atoms with Gasteiger partial charge in [0.2, 0.25) is 0 Å². The van der Waals surface area contributed by atoms with Crippen molar-refractivity contribution in [3.8, 4) is 6.07 Å². The molecule has 0 amide bonds. The summed E-state index contributed by atoms with van der Waals surface area (Å²) in [5.74, 6) is -0.834. The van der Waals surface area contributed by atoms with Crippen LogP contribution in [0.2, 0.25) is 0 Å². The molecule has 19 heteroatoms. The number of nitriles is 1. The van der Waals surface area contributed by atoms with E-state index in [-0.39, 0.29) is 68.8 Å². The summed E-state index contributed by atoms with van der Waals surface area (Å²) in [5, 5.41) is 19.7. The lowest BCUT2D eigenvalue weighted by Crippen LogP contribution is -2.33. The van der Waals surface area contributed by atoms with Crippen molar-refractivity contribution in [2.75, 3.05) is 19.8 Å². The standard InChI is InChI=1S/C28H36N5O13P/c1-15-11-32(27(39)30-25(15)37)22-9-18(35)20(44-22)14-43-47(42-8-4-7-29)46-19-10-23(33-12-16(2)26(38)31-28(33)40)45-21(19)13-41-24(36)6-5-17(3)34/h11-12,18-23,35H,4-6,8-10,13-14H2,1-3H3,(H,30,37,39)(H,31,38,40)/t18-,19-,20+,21+,22+,23+,47?/m0/s1. The number of carbonyl (C=O) groups is 2. The Balaban J connectivity index is 1.48. The summed E-state index contributed by atoms with van der Waals surface area (Å²) in [5.41, 5.74) is -2.00. The van der Waals surface area contributed by atoms with E-state index in [0.717, 1.165) is 0 Å². The first-order chi connectivity index (χ1) is 22.4. The molecule has 0 aliphatic carbocycles. The molecule has 18 nitrogen and oxygen atoms in total. The summed E-state index contributed by atoms with van der Waals surface area (Å²) in [7, 11) is -2.25. The van der Waals surface area contributed by atoms with Gasteiger partial charge >= 0.3 is 26.0 Å². The summed E-state index contributed by atoms with van der Waals surface area (Å²) < 4.78 is 37.2. The van der Waals surface area contributed by atoms with Crippen molar-refractivity contribution in [1.29, 1.82) is 5.26 Å². The Morgan fingerprint density at radius 3 is 2.15 bits per heavy atom. The lowest BCUT2D eigenvalue weighted by atomic mass is 10.2. The number of Topliss-reactive ketones (excluding diaryl/α,β-unsaturated/α-hetero) is 1. The van der Waals surface area contributed by atoms with Gasteiger partial charge in [-0.1, -0.05) is 0 Å². The Morgan fingerprint density at radius 1 is 0.957 bits per heavy atom. The number of ether oxygens (including phenoxy) is 3. The molecule has 256 valence electrons. The van der Waals surface area contributed by atoms with Crippen molar-refractivity contribution in [3.63, 3.8) is 0 Å². The Morgan fingerprint density at radius 2 is 1.55 bits per heavy atom. The van der Waals surface area contributed by atoms with E-state index in [9.17, 15) is 33.9 Å². The van der Waals surface area contributed by atoms with Crippen LogP contribution in [0.4, 0.5) is 0 Å². The average Bonchev–Trinajstić information content (AvgIpc) is 3.59. The molecule has 2 aromatic heterocycles. The van der Waals surface area contributed by atoms with Crippen LogP contribution >= 0.6 is 8.60 Å². The third-order valence-electron chi connectivity index (χ3n) is 7.36. The molecule has 2 aliphatic rings. The van der Waals surface area contributed by atoms with Gasteiger partial charge in [0.1, 0.15) is 43.2 Å². The van der Waals surface area contributed by atoms with E-state index in [0.29, 0.717) is 0 Å². The van der Waals surface area contributed by atoms with Crippen LogP contribution in [0.15, 0.2) is 31.6 Å². The van der Waals surface area contributed by atoms with Crippen molar-refractivity contribution >= 4 is 20.4 Å². The smallest absolute Gasteiger partial charge is 0.333 e. The van der Waals surface area contributed by atoms with Crippen LogP contribution in [0.5, 0.6) is 0 Å². The van der Waals surface area contributed by atoms with Gasteiger partial charge in [0.15, 0.2) is 0 Å². The quantitative estimate of drug-likeness (QED) is 0.128. The number of aromatic amines is 2. The second-order valence-corrected chi connectivity index (χ2v) is 12.2. The van der Waals surface area contributed by atoms with Gasteiger partial charge in [-0.25, -0.2) is 9.59 Å². The highest BCUT2D eigenvalue weighted by molar-refractivity contribution is 7.41. The Hall–Kier alpha value is -3.82. The van der Waals surface area contributed by atoms with E-state index < -0.39 is 73.9 Å². The first-order valence-electron chi connectivity index (χ1n) is 14.7. The fraction of sp³-hybridized carbons (Fsp3) is 0.607. The molecule has 0 radical (unpaired) electrons. The minimum absolute atomic E-state index is 0.00229.